The summed E-state index contributed by atoms with van der Waals surface area (Å²) in [5.41, 5.74) is 4.92. The molecule has 7 rings (SSSR count). The van der Waals surface area contributed by atoms with Crippen molar-refractivity contribution >= 4 is 11.9 Å². The van der Waals surface area contributed by atoms with E-state index in [0.29, 0.717) is 25.6 Å². The van der Waals surface area contributed by atoms with Gasteiger partial charge in [-0.25, -0.2) is 14.1 Å². The first-order chi connectivity index (χ1) is 18.5. The molecule has 0 bridgehead atoms. The maximum atomic E-state index is 13.7. The largest absolute Gasteiger partial charge is 0.491 e. The molecular weight excluding hydrogens is 489 g/mol. The van der Waals surface area contributed by atoms with Crippen molar-refractivity contribution in [2.45, 2.75) is 31.9 Å². The van der Waals surface area contributed by atoms with Crippen molar-refractivity contribution in [2.24, 2.45) is 10.6 Å². The highest BCUT2D eigenvalue weighted by molar-refractivity contribution is 6.03. The lowest BCUT2D eigenvalue weighted by Gasteiger charge is -2.53. The molecule has 1 spiro atoms. The molecule has 2 saturated heterocycles. The minimum absolute atomic E-state index is 0.0572. The number of benzene rings is 2. The lowest BCUT2D eigenvalue weighted by atomic mass is 9.74. The zero-order chi connectivity index (χ0) is 25.9. The Kier molecular flexibility index (Phi) is 5.48. The maximum absolute atomic E-state index is 13.7. The van der Waals surface area contributed by atoms with Gasteiger partial charge in [0.2, 0.25) is 0 Å². The Labute approximate surface area is 219 Å². The van der Waals surface area contributed by atoms with Gasteiger partial charge in [0.15, 0.2) is 11.9 Å². The summed E-state index contributed by atoms with van der Waals surface area (Å²) in [4.78, 5) is 12.3. The lowest BCUT2D eigenvalue weighted by molar-refractivity contribution is -0.139. The molecule has 2 atom stereocenters. The number of oxime groups is 1. The van der Waals surface area contributed by atoms with Gasteiger partial charge in [-0.3, -0.25) is 0 Å². The molecule has 1 N–H and O–H groups in total. The zero-order valence-corrected chi connectivity index (χ0v) is 21.0. The number of hydrogen-bond donors (Lipinski definition) is 1. The van der Waals surface area contributed by atoms with E-state index in [1.807, 2.05) is 13.0 Å². The van der Waals surface area contributed by atoms with Gasteiger partial charge >= 0.3 is 0 Å². The van der Waals surface area contributed by atoms with Gasteiger partial charge in [-0.1, -0.05) is 23.4 Å². The Hall–Kier alpha value is -3.76. The molecule has 38 heavy (non-hydrogen) atoms. The van der Waals surface area contributed by atoms with Gasteiger partial charge in [0.25, 0.3) is 0 Å². The molecule has 3 aromatic rings. The van der Waals surface area contributed by atoms with Crippen molar-refractivity contribution in [1.29, 1.82) is 0 Å². The Bertz CT molecular complexity index is 1450. The van der Waals surface area contributed by atoms with E-state index in [9.17, 15) is 9.50 Å². The van der Waals surface area contributed by atoms with Gasteiger partial charge in [0, 0.05) is 23.9 Å². The molecular formula is C28H28FN5O4. The van der Waals surface area contributed by atoms with E-state index in [-0.39, 0.29) is 23.9 Å². The van der Waals surface area contributed by atoms with E-state index >= 15 is 0 Å². The van der Waals surface area contributed by atoms with Crippen LogP contribution in [-0.2, 0) is 16.0 Å². The van der Waals surface area contributed by atoms with Crippen LogP contribution in [0.3, 0.4) is 0 Å². The van der Waals surface area contributed by atoms with Gasteiger partial charge in [-0.15, -0.1) is 0 Å². The van der Waals surface area contributed by atoms with Gasteiger partial charge in [-0.05, 0) is 54.3 Å². The third kappa shape index (κ3) is 3.78. The molecule has 0 aliphatic carbocycles. The van der Waals surface area contributed by atoms with Crippen molar-refractivity contribution < 1.29 is 23.8 Å². The minimum Gasteiger partial charge on any atom is -0.491 e. The lowest BCUT2D eigenvalue weighted by Crippen LogP contribution is -2.60. The number of aliphatic hydroxyl groups excluding tert-OH is 1. The van der Waals surface area contributed by atoms with Crippen LogP contribution in [0.1, 0.15) is 35.0 Å². The fourth-order valence-electron chi connectivity index (χ4n) is 6.03. The number of fused-ring (bicyclic) bond motifs is 2. The smallest absolute Gasteiger partial charge is 0.174 e. The third-order valence-electron chi connectivity index (χ3n) is 7.86. The van der Waals surface area contributed by atoms with E-state index in [1.165, 1.54) is 12.1 Å². The number of aliphatic hydroxyl groups is 1. The molecule has 2 unspecified atom stereocenters. The fourth-order valence-corrected chi connectivity index (χ4v) is 6.03. The number of rotatable bonds is 4. The molecule has 4 aliphatic rings. The van der Waals surface area contributed by atoms with Crippen molar-refractivity contribution in [3.8, 4) is 11.4 Å². The Balaban J connectivity index is 1.31. The quantitative estimate of drug-likeness (QED) is 0.568. The average molecular weight is 518 g/mol. The standard InChI is InChI=1S/C28H28FN5O4/c1-17-30-16-34(31-17)23-7-4-19(22-8-9-37-26(22)23)10-20-11-28(14-36-15-28)13-33-25(18-2-5-21(29)6-3-18)24(12-35)38-32-27(20)33/h2-7,10,16,24-25,35H,8-9,11-15H2,1H3. The van der Waals surface area contributed by atoms with E-state index in [2.05, 4.69) is 32.3 Å². The zero-order valence-electron chi connectivity index (χ0n) is 21.0. The van der Waals surface area contributed by atoms with E-state index in [0.717, 1.165) is 58.9 Å². The monoisotopic (exact) mass is 517 g/mol. The van der Waals surface area contributed by atoms with Crippen molar-refractivity contribution in [3.05, 3.63) is 76.6 Å². The van der Waals surface area contributed by atoms with Crippen LogP contribution < -0.4 is 4.74 Å². The molecule has 196 valence electrons. The second-order valence-corrected chi connectivity index (χ2v) is 10.5. The Morgan fingerprint density at radius 1 is 1.18 bits per heavy atom. The predicted molar refractivity (Wildman–Crippen MR) is 136 cm³/mol. The number of aryl methyl sites for hydroxylation is 1. The molecule has 2 aromatic carbocycles. The molecule has 4 aliphatic heterocycles. The summed E-state index contributed by atoms with van der Waals surface area (Å²) >= 11 is 0. The second-order valence-electron chi connectivity index (χ2n) is 10.5. The van der Waals surface area contributed by atoms with Crippen LogP contribution in [0.2, 0.25) is 0 Å². The summed E-state index contributed by atoms with van der Waals surface area (Å²) in [6, 6.07) is 10.2. The van der Waals surface area contributed by atoms with Crippen LogP contribution in [0.5, 0.6) is 5.75 Å². The molecule has 10 heteroatoms. The van der Waals surface area contributed by atoms with Gasteiger partial charge < -0.3 is 24.3 Å². The first-order valence-electron chi connectivity index (χ1n) is 12.9. The van der Waals surface area contributed by atoms with Crippen LogP contribution >= 0.6 is 0 Å². The molecule has 0 amide bonds. The first-order valence-corrected chi connectivity index (χ1v) is 12.9. The number of hydrogen-bond acceptors (Lipinski definition) is 8. The number of nitrogens with zero attached hydrogens (tertiary/aromatic N) is 5. The molecule has 1 aromatic heterocycles. The number of halogens is 1. The third-order valence-corrected chi connectivity index (χ3v) is 7.86. The van der Waals surface area contributed by atoms with Crippen LogP contribution in [0, 0.1) is 18.2 Å². The molecule has 9 nitrogen and oxygen atoms in total. The summed E-state index contributed by atoms with van der Waals surface area (Å²) in [5.74, 6) is 1.96. The van der Waals surface area contributed by atoms with Crippen molar-refractivity contribution in [2.75, 3.05) is 33.0 Å². The summed E-state index contributed by atoms with van der Waals surface area (Å²) in [5, 5.41) is 19.1. The van der Waals surface area contributed by atoms with Gasteiger partial charge in [0.05, 0.1) is 32.5 Å². The molecule has 2 fully saturated rings. The average Bonchev–Trinajstić information content (AvgIpc) is 3.57. The van der Waals surface area contributed by atoms with E-state index < -0.39 is 6.10 Å². The minimum atomic E-state index is -0.565. The predicted octanol–water partition coefficient (Wildman–Crippen LogP) is 3.20. The molecule has 5 heterocycles. The summed E-state index contributed by atoms with van der Waals surface area (Å²) < 4.78 is 27.2. The maximum Gasteiger partial charge on any atom is 0.174 e. The highest BCUT2D eigenvalue weighted by Crippen LogP contribution is 2.46. The van der Waals surface area contributed by atoms with Gasteiger partial charge in [-0.2, -0.15) is 5.10 Å². The first kappa shape index (κ1) is 23.4. The number of aromatic nitrogens is 3. The normalized spacial score (nSPS) is 24.3. The summed E-state index contributed by atoms with van der Waals surface area (Å²) in [6.07, 6.45) is 4.90. The number of piperidine rings is 1. The van der Waals surface area contributed by atoms with Crippen molar-refractivity contribution in [1.82, 2.24) is 19.7 Å². The highest BCUT2D eigenvalue weighted by atomic mass is 19.1. The van der Waals surface area contributed by atoms with Gasteiger partial charge in [0.1, 0.15) is 29.4 Å². The summed E-state index contributed by atoms with van der Waals surface area (Å²) in [7, 11) is 0. The highest BCUT2D eigenvalue weighted by Gasteiger charge is 2.50. The Morgan fingerprint density at radius 3 is 2.74 bits per heavy atom. The summed E-state index contributed by atoms with van der Waals surface area (Å²) in [6.45, 7) is 4.29. The fraction of sp³-hybridized carbons (Fsp3) is 0.393. The SMILES string of the molecule is Cc1ncn(-c2ccc(C=C3CC4(COC4)CN4C3=NOC(CO)C4c3ccc(F)cc3)c3c2OCC3)n1. The van der Waals surface area contributed by atoms with Crippen LogP contribution in [0.25, 0.3) is 11.8 Å². The van der Waals surface area contributed by atoms with Crippen LogP contribution in [0.4, 0.5) is 4.39 Å². The van der Waals surface area contributed by atoms with Crippen LogP contribution in [-0.4, -0.2) is 69.7 Å². The number of amidine groups is 1. The topological polar surface area (TPSA) is 94.2 Å². The van der Waals surface area contributed by atoms with Crippen LogP contribution in [0.15, 0.2) is 53.5 Å². The van der Waals surface area contributed by atoms with E-state index in [1.54, 1.807) is 23.1 Å². The Morgan fingerprint density at radius 2 is 2.03 bits per heavy atom. The second kappa shape index (κ2) is 8.92. The number of ether oxygens (including phenoxy) is 2. The van der Waals surface area contributed by atoms with E-state index in [4.69, 9.17) is 14.3 Å². The van der Waals surface area contributed by atoms with Crippen molar-refractivity contribution in [3.63, 3.8) is 0 Å². The molecule has 0 radical (unpaired) electrons. The molecule has 0 saturated carbocycles.